The number of nitrogens with one attached hydrogen (secondary N) is 1. The molecule has 0 aliphatic carbocycles. The number of carbonyl (C=O) groups excluding carboxylic acids is 1. The zero-order chi connectivity index (χ0) is 19.9. The summed E-state index contributed by atoms with van der Waals surface area (Å²) in [6.07, 6.45) is 7.22. The molecule has 1 N–H and O–H groups in total. The molecule has 1 aromatic heterocycles. The largest absolute Gasteiger partial charge is 0.481 e. The van der Waals surface area contributed by atoms with E-state index in [1.54, 1.807) is 12.1 Å². The maximum atomic E-state index is 12.5. The van der Waals surface area contributed by atoms with Crippen LogP contribution >= 0.6 is 15.9 Å². The first-order chi connectivity index (χ1) is 13.6. The molecule has 0 radical (unpaired) electrons. The van der Waals surface area contributed by atoms with Crippen molar-refractivity contribution < 1.29 is 9.53 Å². The number of aromatic nitrogens is 2. The number of hydrogen-bond acceptors (Lipinski definition) is 4. The molecular formula is C21H18BrN3O3. The first-order valence-electron chi connectivity index (χ1n) is 8.63. The molecule has 0 aliphatic heterocycles. The summed E-state index contributed by atoms with van der Waals surface area (Å²) in [7, 11) is 0. The van der Waals surface area contributed by atoms with E-state index in [0.29, 0.717) is 29.6 Å². The molecule has 0 unspecified atom stereocenters. The molecular weight excluding hydrogens is 422 g/mol. The van der Waals surface area contributed by atoms with Gasteiger partial charge in [0, 0.05) is 11.0 Å². The summed E-state index contributed by atoms with van der Waals surface area (Å²) in [5.41, 5.74) is 1.41. The number of rotatable bonds is 7. The van der Waals surface area contributed by atoms with E-state index in [0.717, 1.165) is 10.0 Å². The van der Waals surface area contributed by atoms with Gasteiger partial charge in [-0.15, -0.1) is 6.42 Å². The monoisotopic (exact) mass is 439 g/mol. The lowest BCUT2D eigenvalue weighted by molar-refractivity contribution is -0.121. The fourth-order valence-electron chi connectivity index (χ4n) is 2.68. The summed E-state index contributed by atoms with van der Waals surface area (Å²) in [4.78, 5) is 28.9. The predicted octanol–water partition coefficient (Wildman–Crippen LogP) is 2.53. The van der Waals surface area contributed by atoms with E-state index in [2.05, 4.69) is 32.2 Å². The second-order valence-corrected chi connectivity index (χ2v) is 6.99. The van der Waals surface area contributed by atoms with Gasteiger partial charge in [0.15, 0.2) is 0 Å². The Hall–Kier alpha value is -3.11. The lowest BCUT2D eigenvalue weighted by atomic mass is 10.1. The molecule has 2 aromatic carbocycles. The van der Waals surface area contributed by atoms with Crippen molar-refractivity contribution in [3.8, 4) is 18.1 Å². The first-order valence-corrected chi connectivity index (χ1v) is 9.43. The third-order valence-corrected chi connectivity index (χ3v) is 4.57. The Labute approximate surface area is 170 Å². The number of terminal acetylenes is 1. The van der Waals surface area contributed by atoms with Crippen molar-refractivity contribution in [2.75, 3.05) is 13.2 Å². The Kier molecular flexibility index (Phi) is 6.45. The standard InChI is InChI=1S/C21H18BrN3O3/c1-2-11-28-17-6-3-15(4-7-17)9-10-23-20(26)13-25-14-24-19-8-5-16(22)12-18(19)21(25)27/h1,3-8,12,14H,9-11,13H2,(H,23,26). The summed E-state index contributed by atoms with van der Waals surface area (Å²) in [5, 5.41) is 3.29. The Morgan fingerprint density at radius 1 is 1.25 bits per heavy atom. The number of carbonyl (C=O) groups is 1. The Morgan fingerprint density at radius 3 is 2.79 bits per heavy atom. The highest BCUT2D eigenvalue weighted by atomic mass is 79.9. The van der Waals surface area contributed by atoms with Crippen LogP contribution < -0.4 is 15.6 Å². The molecule has 0 saturated carbocycles. The van der Waals surface area contributed by atoms with Crippen LogP contribution in [0.2, 0.25) is 0 Å². The maximum absolute atomic E-state index is 12.5. The van der Waals surface area contributed by atoms with E-state index < -0.39 is 0 Å². The Morgan fingerprint density at radius 2 is 2.04 bits per heavy atom. The highest BCUT2D eigenvalue weighted by molar-refractivity contribution is 9.10. The van der Waals surface area contributed by atoms with E-state index in [1.807, 2.05) is 30.3 Å². The average Bonchev–Trinajstić information content (AvgIpc) is 2.70. The van der Waals surface area contributed by atoms with Gasteiger partial charge in [-0.05, 0) is 42.3 Å². The van der Waals surface area contributed by atoms with Gasteiger partial charge in [0.1, 0.15) is 18.9 Å². The molecule has 0 atom stereocenters. The zero-order valence-corrected chi connectivity index (χ0v) is 16.6. The van der Waals surface area contributed by atoms with Gasteiger partial charge in [0.25, 0.3) is 5.56 Å². The van der Waals surface area contributed by atoms with Crippen molar-refractivity contribution in [3.63, 3.8) is 0 Å². The van der Waals surface area contributed by atoms with Crippen LogP contribution in [0.25, 0.3) is 10.9 Å². The summed E-state index contributed by atoms with van der Waals surface area (Å²) < 4.78 is 7.42. The molecule has 3 aromatic rings. The van der Waals surface area contributed by atoms with Gasteiger partial charge in [0.05, 0.1) is 17.2 Å². The lowest BCUT2D eigenvalue weighted by Crippen LogP contribution is -2.33. The van der Waals surface area contributed by atoms with Gasteiger partial charge in [-0.3, -0.25) is 14.2 Å². The van der Waals surface area contributed by atoms with Crippen molar-refractivity contribution in [1.82, 2.24) is 14.9 Å². The van der Waals surface area contributed by atoms with Crippen molar-refractivity contribution >= 4 is 32.7 Å². The number of nitrogens with zero attached hydrogens (tertiary/aromatic N) is 2. The van der Waals surface area contributed by atoms with Crippen molar-refractivity contribution in [2.45, 2.75) is 13.0 Å². The van der Waals surface area contributed by atoms with Gasteiger partial charge >= 0.3 is 0 Å². The highest BCUT2D eigenvalue weighted by Crippen LogP contribution is 2.15. The van der Waals surface area contributed by atoms with Crippen LogP contribution in [0, 0.1) is 12.3 Å². The fraction of sp³-hybridized carbons (Fsp3) is 0.190. The molecule has 0 spiro atoms. The molecule has 142 valence electrons. The third-order valence-electron chi connectivity index (χ3n) is 4.08. The van der Waals surface area contributed by atoms with Crippen molar-refractivity contribution in [2.24, 2.45) is 0 Å². The summed E-state index contributed by atoms with van der Waals surface area (Å²) in [6.45, 7) is 0.618. The van der Waals surface area contributed by atoms with Crippen LogP contribution in [-0.4, -0.2) is 28.6 Å². The van der Waals surface area contributed by atoms with Gasteiger partial charge in [-0.25, -0.2) is 4.98 Å². The smallest absolute Gasteiger partial charge is 0.261 e. The Balaban J connectivity index is 1.55. The molecule has 6 nitrogen and oxygen atoms in total. The molecule has 0 bridgehead atoms. The van der Waals surface area contributed by atoms with Crippen LogP contribution in [0.5, 0.6) is 5.75 Å². The topological polar surface area (TPSA) is 73.2 Å². The van der Waals surface area contributed by atoms with Gasteiger partial charge in [-0.1, -0.05) is 34.0 Å². The van der Waals surface area contributed by atoms with E-state index in [4.69, 9.17) is 11.2 Å². The number of ether oxygens (including phenoxy) is 1. The van der Waals surface area contributed by atoms with Gasteiger partial charge in [-0.2, -0.15) is 0 Å². The Bertz CT molecular complexity index is 1080. The molecule has 3 rings (SSSR count). The number of benzene rings is 2. The molecule has 28 heavy (non-hydrogen) atoms. The van der Waals surface area contributed by atoms with Crippen LogP contribution in [0.4, 0.5) is 0 Å². The summed E-state index contributed by atoms with van der Waals surface area (Å²) in [6, 6.07) is 12.8. The van der Waals surface area contributed by atoms with E-state index in [9.17, 15) is 9.59 Å². The molecule has 0 fully saturated rings. The minimum absolute atomic E-state index is 0.0762. The molecule has 0 aliphatic rings. The van der Waals surface area contributed by atoms with E-state index >= 15 is 0 Å². The third kappa shape index (κ3) is 4.99. The van der Waals surface area contributed by atoms with E-state index in [1.165, 1.54) is 10.9 Å². The molecule has 7 heteroatoms. The molecule has 0 saturated heterocycles. The minimum Gasteiger partial charge on any atom is -0.481 e. The molecule has 1 heterocycles. The van der Waals surface area contributed by atoms with Gasteiger partial charge in [0.2, 0.25) is 5.91 Å². The highest BCUT2D eigenvalue weighted by Gasteiger charge is 2.08. The zero-order valence-electron chi connectivity index (χ0n) is 15.0. The maximum Gasteiger partial charge on any atom is 0.261 e. The first kappa shape index (κ1) is 19.6. The summed E-state index contributed by atoms with van der Waals surface area (Å²) >= 11 is 3.34. The fourth-order valence-corrected chi connectivity index (χ4v) is 3.04. The SMILES string of the molecule is C#CCOc1ccc(CCNC(=O)Cn2cnc3ccc(Br)cc3c2=O)cc1. The van der Waals surface area contributed by atoms with Gasteiger partial charge < -0.3 is 10.1 Å². The quantitative estimate of drug-likeness (QED) is 0.574. The number of hydrogen-bond donors (Lipinski definition) is 1. The molecule has 1 amide bonds. The van der Waals surface area contributed by atoms with E-state index in [-0.39, 0.29) is 24.6 Å². The average molecular weight is 440 g/mol. The second kappa shape index (κ2) is 9.20. The van der Waals surface area contributed by atoms with Crippen LogP contribution in [-0.2, 0) is 17.8 Å². The van der Waals surface area contributed by atoms with Crippen LogP contribution in [0.15, 0.2) is 58.1 Å². The van der Waals surface area contributed by atoms with Crippen LogP contribution in [0.3, 0.4) is 0 Å². The number of halogens is 1. The minimum atomic E-state index is -0.246. The van der Waals surface area contributed by atoms with Crippen molar-refractivity contribution in [1.29, 1.82) is 0 Å². The lowest BCUT2D eigenvalue weighted by Gasteiger charge is -2.09. The second-order valence-electron chi connectivity index (χ2n) is 6.08. The normalized spacial score (nSPS) is 10.4. The van der Waals surface area contributed by atoms with Crippen molar-refractivity contribution in [3.05, 3.63) is 69.2 Å². The predicted molar refractivity (Wildman–Crippen MR) is 111 cm³/mol. The number of amides is 1. The number of fused-ring (bicyclic) bond motifs is 1. The summed E-state index contributed by atoms with van der Waals surface area (Å²) in [5.74, 6) is 2.88. The van der Waals surface area contributed by atoms with Crippen LogP contribution in [0.1, 0.15) is 5.56 Å².